The van der Waals surface area contributed by atoms with Crippen molar-refractivity contribution in [3.8, 4) is 6.07 Å². The van der Waals surface area contributed by atoms with Gasteiger partial charge < -0.3 is 5.32 Å². The molecule has 1 N–H and O–H groups in total. The second-order valence-electron chi connectivity index (χ2n) is 6.26. The van der Waals surface area contributed by atoms with Crippen LogP contribution in [0.15, 0.2) is 90.5 Å². The molecule has 0 unspecified atom stereocenters. The van der Waals surface area contributed by atoms with Crippen LogP contribution in [0.25, 0.3) is 27.6 Å². The fourth-order valence-corrected chi connectivity index (χ4v) is 3.14. The van der Waals surface area contributed by atoms with Crippen LogP contribution in [0.4, 0.5) is 5.69 Å². The molecule has 4 aromatic rings. The maximum atomic E-state index is 12.7. The summed E-state index contributed by atoms with van der Waals surface area (Å²) < 4.78 is 0. The maximum absolute atomic E-state index is 12.7. The second kappa shape index (κ2) is 7.15. The van der Waals surface area contributed by atoms with Crippen molar-refractivity contribution in [2.75, 3.05) is 5.32 Å². The largest absolute Gasteiger partial charge is 0.321 e. The molecule has 0 aromatic heterocycles. The lowest BCUT2D eigenvalue weighted by molar-refractivity contribution is -0.112. The van der Waals surface area contributed by atoms with Crippen molar-refractivity contribution >= 4 is 39.2 Å². The van der Waals surface area contributed by atoms with Crippen molar-refractivity contribution in [2.24, 2.45) is 0 Å². The molecule has 3 nitrogen and oxygen atoms in total. The third-order valence-corrected chi connectivity index (χ3v) is 4.49. The van der Waals surface area contributed by atoms with E-state index in [9.17, 15) is 10.1 Å². The first-order chi connectivity index (χ1) is 13.2. The molecule has 0 fully saturated rings. The summed E-state index contributed by atoms with van der Waals surface area (Å²) in [4.78, 5) is 12.7. The molecule has 0 saturated carbocycles. The smallest absolute Gasteiger partial charge is 0.266 e. The van der Waals surface area contributed by atoms with E-state index in [0.29, 0.717) is 5.69 Å². The highest BCUT2D eigenvalue weighted by atomic mass is 16.1. The number of hydrogen-bond donors (Lipinski definition) is 1. The Hall–Kier alpha value is -3.90. The lowest BCUT2D eigenvalue weighted by Crippen LogP contribution is -2.13. The number of benzene rings is 4. The number of fused-ring (bicyclic) bond motifs is 2. The molecule has 27 heavy (non-hydrogen) atoms. The van der Waals surface area contributed by atoms with Crippen LogP contribution in [0, 0.1) is 11.3 Å². The van der Waals surface area contributed by atoms with Crippen molar-refractivity contribution in [1.82, 2.24) is 0 Å². The number of carbonyl (C=O) groups is 1. The molecule has 3 heteroatoms. The van der Waals surface area contributed by atoms with Gasteiger partial charge in [-0.05, 0) is 39.9 Å². The van der Waals surface area contributed by atoms with Gasteiger partial charge in [-0.1, -0.05) is 72.8 Å². The molecule has 0 bridgehead atoms. The van der Waals surface area contributed by atoms with Gasteiger partial charge >= 0.3 is 0 Å². The zero-order chi connectivity index (χ0) is 18.6. The minimum Gasteiger partial charge on any atom is -0.321 e. The van der Waals surface area contributed by atoms with Gasteiger partial charge in [-0.25, -0.2) is 0 Å². The van der Waals surface area contributed by atoms with Crippen LogP contribution in [0.1, 0.15) is 5.56 Å². The predicted molar refractivity (Wildman–Crippen MR) is 110 cm³/mol. The van der Waals surface area contributed by atoms with Crippen molar-refractivity contribution < 1.29 is 4.79 Å². The van der Waals surface area contributed by atoms with Crippen molar-refractivity contribution in [3.05, 3.63) is 96.1 Å². The standard InChI is InChI=1S/C24H16N2O/c25-16-21(15-17-12-13-18-6-1-2-8-20(18)14-17)24(27)26-23-11-5-9-19-7-3-4-10-22(19)23/h1-15H,(H,26,27)/b21-15+. The number of hydrogen-bond acceptors (Lipinski definition) is 2. The lowest BCUT2D eigenvalue weighted by Gasteiger charge is -2.08. The van der Waals surface area contributed by atoms with Gasteiger partial charge in [0.05, 0.1) is 0 Å². The molecule has 128 valence electrons. The highest BCUT2D eigenvalue weighted by Crippen LogP contribution is 2.24. The molecule has 0 heterocycles. The Morgan fingerprint density at radius 1 is 0.815 bits per heavy atom. The van der Waals surface area contributed by atoms with Crippen LogP contribution in [0.3, 0.4) is 0 Å². The van der Waals surface area contributed by atoms with E-state index in [1.807, 2.05) is 91.0 Å². The summed E-state index contributed by atoms with van der Waals surface area (Å²) in [7, 11) is 0. The molecule has 0 aliphatic carbocycles. The van der Waals surface area contributed by atoms with E-state index >= 15 is 0 Å². The van der Waals surface area contributed by atoms with Crippen LogP contribution in [0.2, 0.25) is 0 Å². The first-order valence-corrected chi connectivity index (χ1v) is 8.64. The van der Waals surface area contributed by atoms with Crippen molar-refractivity contribution in [2.45, 2.75) is 0 Å². The van der Waals surface area contributed by atoms with E-state index in [1.54, 1.807) is 6.08 Å². The quantitative estimate of drug-likeness (QED) is 0.390. The number of carbonyl (C=O) groups excluding carboxylic acids is 1. The summed E-state index contributed by atoms with van der Waals surface area (Å²) in [6.07, 6.45) is 1.62. The molecule has 0 atom stereocenters. The molecule has 0 aliphatic rings. The first kappa shape index (κ1) is 16.6. The van der Waals surface area contributed by atoms with E-state index in [1.165, 1.54) is 0 Å². The minimum atomic E-state index is -0.415. The summed E-state index contributed by atoms with van der Waals surface area (Å²) in [5.41, 5.74) is 1.58. The van der Waals surface area contributed by atoms with E-state index in [4.69, 9.17) is 0 Å². The Labute approximate surface area is 157 Å². The van der Waals surface area contributed by atoms with E-state index < -0.39 is 5.91 Å². The first-order valence-electron chi connectivity index (χ1n) is 8.64. The zero-order valence-corrected chi connectivity index (χ0v) is 14.5. The van der Waals surface area contributed by atoms with Gasteiger partial charge in [0.2, 0.25) is 0 Å². The minimum absolute atomic E-state index is 0.0678. The van der Waals surface area contributed by atoms with Crippen LogP contribution in [-0.4, -0.2) is 5.91 Å². The van der Waals surface area contributed by atoms with Gasteiger partial charge in [0.1, 0.15) is 11.6 Å². The molecular formula is C24H16N2O. The summed E-state index contributed by atoms with van der Waals surface area (Å²) in [5.74, 6) is -0.415. The molecule has 1 amide bonds. The maximum Gasteiger partial charge on any atom is 0.266 e. The number of nitrogens with one attached hydrogen (secondary N) is 1. The third-order valence-electron chi connectivity index (χ3n) is 4.49. The summed E-state index contributed by atoms with van der Waals surface area (Å²) >= 11 is 0. The molecule has 4 rings (SSSR count). The molecule has 0 aliphatic heterocycles. The van der Waals surface area contributed by atoms with Crippen LogP contribution in [-0.2, 0) is 4.79 Å². The van der Waals surface area contributed by atoms with Crippen LogP contribution >= 0.6 is 0 Å². The number of nitriles is 1. The van der Waals surface area contributed by atoms with E-state index in [-0.39, 0.29) is 5.57 Å². The van der Waals surface area contributed by atoms with E-state index in [0.717, 1.165) is 27.1 Å². The summed E-state index contributed by atoms with van der Waals surface area (Å²) in [5, 5.41) is 16.5. The predicted octanol–water partition coefficient (Wildman–Crippen LogP) is 5.54. The number of amides is 1. The SMILES string of the molecule is N#C/C(=C\c1ccc2ccccc2c1)C(=O)Nc1cccc2ccccc12. The molecule has 4 aromatic carbocycles. The molecule has 0 radical (unpaired) electrons. The Balaban J connectivity index is 1.66. The van der Waals surface area contributed by atoms with E-state index in [2.05, 4.69) is 5.32 Å². The second-order valence-corrected chi connectivity index (χ2v) is 6.26. The number of rotatable bonds is 3. The zero-order valence-electron chi connectivity index (χ0n) is 14.5. The third kappa shape index (κ3) is 3.42. The van der Waals surface area contributed by atoms with Gasteiger partial charge in [0.15, 0.2) is 0 Å². The fourth-order valence-electron chi connectivity index (χ4n) is 3.14. The monoisotopic (exact) mass is 348 g/mol. The Bertz CT molecular complexity index is 1230. The van der Waals surface area contributed by atoms with Gasteiger partial charge in [-0.3, -0.25) is 4.79 Å². The highest BCUT2D eigenvalue weighted by molar-refractivity contribution is 6.13. The van der Waals surface area contributed by atoms with Gasteiger partial charge in [-0.2, -0.15) is 5.26 Å². The number of anilines is 1. The Morgan fingerprint density at radius 3 is 2.33 bits per heavy atom. The molecule has 0 saturated heterocycles. The summed E-state index contributed by atoms with van der Waals surface area (Å²) in [6.45, 7) is 0. The topological polar surface area (TPSA) is 52.9 Å². The Morgan fingerprint density at radius 2 is 1.52 bits per heavy atom. The Kier molecular flexibility index (Phi) is 4.38. The van der Waals surface area contributed by atoms with Crippen molar-refractivity contribution in [1.29, 1.82) is 5.26 Å². The average molecular weight is 348 g/mol. The van der Waals surface area contributed by atoms with Crippen LogP contribution < -0.4 is 5.32 Å². The van der Waals surface area contributed by atoms with Crippen molar-refractivity contribution in [3.63, 3.8) is 0 Å². The highest BCUT2D eigenvalue weighted by Gasteiger charge is 2.11. The fraction of sp³-hybridized carbons (Fsp3) is 0. The summed E-state index contributed by atoms with van der Waals surface area (Å²) in [6, 6.07) is 29.4. The average Bonchev–Trinajstić information content (AvgIpc) is 2.72. The van der Waals surface area contributed by atoms with Crippen LogP contribution in [0.5, 0.6) is 0 Å². The molecular weight excluding hydrogens is 332 g/mol. The van der Waals surface area contributed by atoms with Gasteiger partial charge in [0, 0.05) is 11.1 Å². The van der Waals surface area contributed by atoms with Gasteiger partial charge in [-0.15, -0.1) is 0 Å². The van der Waals surface area contributed by atoms with Gasteiger partial charge in [0.25, 0.3) is 5.91 Å². The number of nitrogens with zero attached hydrogens (tertiary/aromatic N) is 1. The lowest BCUT2D eigenvalue weighted by atomic mass is 10.0. The molecule has 0 spiro atoms. The normalized spacial score (nSPS) is 11.3.